The van der Waals surface area contributed by atoms with Crippen molar-refractivity contribution < 1.29 is 5.11 Å². The van der Waals surface area contributed by atoms with Crippen LogP contribution in [-0.2, 0) is 0 Å². The Hall–Kier alpha value is -1.26. The summed E-state index contributed by atoms with van der Waals surface area (Å²) in [5.41, 5.74) is 1.09. The highest BCUT2D eigenvalue weighted by atomic mass is 32.1. The van der Waals surface area contributed by atoms with Gasteiger partial charge in [0.25, 0.3) is 0 Å². The van der Waals surface area contributed by atoms with Crippen LogP contribution in [0.15, 0.2) is 30.7 Å². The van der Waals surface area contributed by atoms with Gasteiger partial charge in [0, 0.05) is 24.5 Å². The number of rotatable bonds is 3. The maximum Gasteiger partial charge on any atom is 0.0963 e. The van der Waals surface area contributed by atoms with E-state index in [1.54, 1.807) is 29.9 Å². The van der Waals surface area contributed by atoms with Gasteiger partial charge in [-0.25, -0.2) is 4.98 Å². The van der Waals surface area contributed by atoms with E-state index in [1.807, 2.05) is 26.0 Å². The van der Waals surface area contributed by atoms with Crippen molar-refractivity contribution in [1.29, 1.82) is 0 Å². The van der Waals surface area contributed by atoms with Gasteiger partial charge in [-0.2, -0.15) is 0 Å². The van der Waals surface area contributed by atoms with Crippen molar-refractivity contribution in [2.45, 2.75) is 25.9 Å². The van der Waals surface area contributed by atoms with Crippen molar-refractivity contribution >= 4 is 11.3 Å². The van der Waals surface area contributed by atoms with Crippen molar-refractivity contribution in [3.63, 3.8) is 0 Å². The molecule has 1 N–H and O–H groups in total. The van der Waals surface area contributed by atoms with Crippen LogP contribution in [0.3, 0.4) is 0 Å². The maximum atomic E-state index is 10.2. The lowest BCUT2D eigenvalue weighted by atomic mass is 9.96. The quantitative estimate of drug-likeness (QED) is 0.888. The van der Waals surface area contributed by atoms with E-state index in [-0.39, 0.29) is 5.92 Å². The van der Waals surface area contributed by atoms with Crippen LogP contribution in [0.1, 0.15) is 34.4 Å². The summed E-state index contributed by atoms with van der Waals surface area (Å²) < 4.78 is 0. The molecule has 4 heteroatoms. The molecule has 3 nitrogen and oxygen atoms in total. The second kappa shape index (κ2) is 4.72. The summed E-state index contributed by atoms with van der Waals surface area (Å²) in [6.07, 6.45) is 4.75. The Morgan fingerprint density at radius 1 is 1.31 bits per heavy atom. The monoisotopic (exact) mass is 234 g/mol. The highest BCUT2D eigenvalue weighted by Crippen LogP contribution is 2.32. The molecule has 2 rings (SSSR count). The second-order valence-electron chi connectivity index (χ2n) is 3.80. The molecule has 0 aromatic carbocycles. The smallest absolute Gasteiger partial charge is 0.0963 e. The van der Waals surface area contributed by atoms with Crippen molar-refractivity contribution in [1.82, 2.24) is 9.97 Å². The summed E-state index contributed by atoms with van der Waals surface area (Å²) in [6, 6.07) is 3.86. The molecule has 84 valence electrons. The first kappa shape index (κ1) is 11.2. The number of aliphatic hydroxyl groups excluding tert-OH is 1. The van der Waals surface area contributed by atoms with Gasteiger partial charge >= 0.3 is 0 Å². The van der Waals surface area contributed by atoms with Crippen molar-refractivity contribution in [3.8, 4) is 0 Å². The first-order valence-electron chi connectivity index (χ1n) is 5.19. The molecule has 16 heavy (non-hydrogen) atoms. The molecule has 0 spiro atoms. The van der Waals surface area contributed by atoms with Gasteiger partial charge in [-0.05, 0) is 24.6 Å². The Morgan fingerprint density at radius 3 is 2.56 bits per heavy atom. The van der Waals surface area contributed by atoms with Gasteiger partial charge in [0.05, 0.1) is 16.0 Å². The minimum absolute atomic E-state index is 0.0582. The van der Waals surface area contributed by atoms with Crippen LogP contribution in [0.5, 0.6) is 0 Å². The van der Waals surface area contributed by atoms with E-state index in [0.29, 0.717) is 0 Å². The van der Waals surface area contributed by atoms with Crippen molar-refractivity contribution in [3.05, 3.63) is 46.2 Å². The molecule has 0 amide bonds. The highest BCUT2D eigenvalue weighted by molar-refractivity contribution is 7.11. The number of aryl methyl sites for hydroxylation is 1. The summed E-state index contributed by atoms with van der Waals surface area (Å²) in [5.74, 6) is 0.0582. The zero-order valence-corrected chi connectivity index (χ0v) is 10.1. The Labute approximate surface area is 98.8 Å². The van der Waals surface area contributed by atoms with Crippen LogP contribution in [0, 0.1) is 6.92 Å². The van der Waals surface area contributed by atoms with Gasteiger partial charge in [-0.15, -0.1) is 11.3 Å². The fourth-order valence-corrected chi connectivity index (χ4v) is 2.49. The van der Waals surface area contributed by atoms with E-state index < -0.39 is 6.10 Å². The number of hydrogen-bond donors (Lipinski definition) is 1. The fraction of sp³-hybridized carbons (Fsp3) is 0.333. The zero-order valence-electron chi connectivity index (χ0n) is 9.29. The fourth-order valence-electron chi connectivity index (χ4n) is 1.61. The highest BCUT2D eigenvalue weighted by Gasteiger charge is 2.19. The predicted octanol–water partition coefficient (Wildman–Crippen LogP) is 2.68. The Bertz CT molecular complexity index is 455. The molecule has 0 fully saturated rings. The molecule has 0 saturated carbocycles. The maximum absolute atomic E-state index is 10.2. The number of hydrogen-bond acceptors (Lipinski definition) is 4. The average molecular weight is 234 g/mol. The first-order valence-corrected chi connectivity index (χ1v) is 6.00. The number of aromatic nitrogens is 2. The van der Waals surface area contributed by atoms with Crippen LogP contribution < -0.4 is 0 Å². The lowest BCUT2D eigenvalue weighted by Crippen LogP contribution is -2.06. The summed E-state index contributed by atoms with van der Waals surface area (Å²) in [6.45, 7) is 3.95. The summed E-state index contributed by atoms with van der Waals surface area (Å²) >= 11 is 1.54. The molecule has 0 aliphatic rings. The second-order valence-corrected chi connectivity index (χ2v) is 5.06. The van der Waals surface area contributed by atoms with Gasteiger partial charge in [-0.3, -0.25) is 4.98 Å². The van der Waals surface area contributed by atoms with E-state index >= 15 is 0 Å². The minimum Gasteiger partial charge on any atom is -0.387 e. The molecular formula is C12H14N2OS. The molecule has 0 saturated heterocycles. The van der Waals surface area contributed by atoms with Gasteiger partial charge in [-0.1, -0.05) is 6.92 Å². The van der Waals surface area contributed by atoms with Crippen molar-refractivity contribution in [2.24, 2.45) is 0 Å². The minimum atomic E-state index is -0.492. The van der Waals surface area contributed by atoms with Crippen LogP contribution in [0.25, 0.3) is 0 Å². The first-order chi connectivity index (χ1) is 7.68. The summed E-state index contributed by atoms with van der Waals surface area (Å²) in [5, 5.41) is 11.2. The largest absolute Gasteiger partial charge is 0.387 e. The van der Waals surface area contributed by atoms with Gasteiger partial charge in [0.15, 0.2) is 0 Å². The summed E-state index contributed by atoms with van der Waals surface area (Å²) in [7, 11) is 0. The third kappa shape index (κ3) is 2.28. The molecule has 0 aliphatic carbocycles. The number of nitrogens with zero attached hydrogens (tertiary/aromatic N) is 2. The number of aliphatic hydroxyl groups is 1. The van der Waals surface area contributed by atoms with E-state index in [2.05, 4.69) is 9.97 Å². The van der Waals surface area contributed by atoms with Crippen LogP contribution in [0.2, 0.25) is 0 Å². The molecule has 2 aromatic rings. The van der Waals surface area contributed by atoms with E-state index in [9.17, 15) is 5.11 Å². The van der Waals surface area contributed by atoms with E-state index in [0.717, 1.165) is 15.4 Å². The van der Waals surface area contributed by atoms with Crippen LogP contribution in [0.4, 0.5) is 0 Å². The zero-order chi connectivity index (χ0) is 11.5. The number of pyridine rings is 1. The molecule has 2 aromatic heterocycles. The number of thiazole rings is 1. The molecule has 0 bridgehead atoms. The molecular weight excluding hydrogens is 220 g/mol. The third-order valence-corrected chi connectivity index (χ3v) is 3.62. The normalized spacial score (nSPS) is 14.7. The lowest BCUT2D eigenvalue weighted by molar-refractivity contribution is 0.155. The molecule has 0 radical (unpaired) electrons. The summed E-state index contributed by atoms with van der Waals surface area (Å²) in [4.78, 5) is 9.05. The topological polar surface area (TPSA) is 46.0 Å². The third-order valence-electron chi connectivity index (χ3n) is 2.64. The average Bonchev–Trinajstić information content (AvgIpc) is 2.75. The molecule has 0 aliphatic heterocycles. The van der Waals surface area contributed by atoms with Crippen LogP contribution in [-0.4, -0.2) is 15.1 Å². The lowest BCUT2D eigenvalue weighted by Gasteiger charge is -2.17. The Morgan fingerprint density at radius 2 is 2.00 bits per heavy atom. The van der Waals surface area contributed by atoms with Gasteiger partial charge in [0.1, 0.15) is 0 Å². The standard InChI is InChI=1S/C12H14N2OS/c1-8(10-3-5-13-6-4-10)12(15)11-7-14-9(2)16-11/h3-8,12,15H,1-2H3. The Balaban J connectivity index is 2.19. The van der Waals surface area contributed by atoms with Gasteiger partial charge < -0.3 is 5.11 Å². The Kier molecular flexibility index (Phi) is 3.31. The molecule has 2 unspecified atom stereocenters. The van der Waals surface area contributed by atoms with Crippen LogP contribution >= 0.6 is 11.3 Å². The van der Waals surface area contributed by atoms with Gasteiger partial charge in [0.2, 0.25) is 0 Å². The van der Waals surface area contributed by atoms with E-state index in [4.69, 9.17) is 0 Å². The van der Waals surface area contributed by atoms with E-state index in [1.165, 1.54) is 0 Å². The predicted molar refractivity (Wildman–Crippen MR) is 64.5 cm³/mol. The SMILES string of the molecule is Cc1ncc(C(O)C(C)c2ccncc2)s1. The molecule has 2 atom stereocenters. The molecule has 2 heterocycles. The van der Waals surface area contributed by atoms with Crippen molar-refractivity contribution in [2.75, 3.05) is 0 Å².